The first kappa shape index (κ1) is 20.4. The maximum Gasteiger partial charge on any atom is 0.354 e. The average molecular weight is 450 g/mol. The number of hydrogen-bond acceptors (Lipinski definition) is 5. The van der Waals surface area contributed by atoms with E-state index in [1.54, 1.807) is 7.11 Å². The molecular formula is C20H24FN5O4S. The summed E-state index contributed by atoms with van der Waals surface area (Å²) >= 11 is 0. The number of hydrogen-bond donors (Lipinski definition) is 2. The number of carbonyl (C=O) groups is 1. The normalized spacial score (nSPS) is 22.9. The van der Waals surface area contributed by atoms with Crippen molar-refractivity contribution in [1.29, 1.82) is 0 Å². The van der Waals surface area contributed by atoms with E-state index in [1.807, 2.05) is 0 Å². The molecule has 2 amide bonds. The number of urea groups is 1. The van der Waals surface area contributed by atoms with Crippen molar-refractivity contribution in [2.45, 2.75) is 55.8 Å². The monoisotopic (exact) mass is 449 g/mol. The predicted molar refractivity (Wildman–Crippen MR) is 111 cm³/mol. The molecule has 3 aliphatic rings. The van der Waals surface area contributed by atoms with Crippen LogP contribution in [0.25, 0.3) is 0 Å². The van der Waals surface area contributed by atoms with Gasteiger partial charge >= 0.3 is 6.03 Å². The number of fused-ring (bicyclic) bond motifs is 3. The van der Waals surface area contributed by atoms with Crippen LogP contribution < -0.4 is 15.2 Å². The van der Waals surface area contributed by atoms with Gasteiger partial charge in [-0.3, -0.25) is 0 Å². The largest absolute Gasteiger partial charge is 0.469 e. The number of alkyl halides is 1. The van der Waals surface area contributed by atoms with Gasteiger partial charge in [0.15, 0.2) is 9.92 Å². The molecule has 3 N–H and O–H groups in total. The summed E-state index contributed by atoms with van der Waals surface area (Å²) in [6, 6.07) is 1.23. The lowest BCUT2D eigenvalue weighted by atomic mass is 9.99. The first-order valence-corrected chi connectivity index (χ1v) is 11.8. The van der Waals surface area contributed by atoms with Crippen LogP contribution in [-0.4, -0.2) is 46.0 Å². The smallest absolute Gasteiger partial charge is 0.354 e. The molecule has 0 spiro atoms. The summed E-state index contributed by atoms with van der Waals surface area (Å²) in [5, 5.41) is 12.8. The Bertz CT molecular complexity index is 1190. The third-order valence-electron chi connectivity index (χ3n) is 6.00. The quantitative estimate of drug-likeness (QED) is 0.741. The summed E-state index contributed by atoms with van der Waals surface area (Å²) in [4.78, 5) is 12.8. The zero-order chi connectivity index (χ0) is 21.8. The van der Waals surface area contributed by atoms with Gasteiger partial charge in [-0.05, 0) is 41.5 Å². The lowest BCUT2D eigenvalue weighted by Gasteiger charge is -2.15. The van der Waals surface area contributed by atoms with Gasteiger partial charge in [-0.1, -0.05) is 6.07 Å². The molecule has 2 heterocycles. The minimum atomic E-state index is -3.60. The Morgan fingerprint density at radius 1 is 1.42 bits per heavy atom. The Labute approximate surface area is 179 Å². The van der Waals surface area contributed by atoms with Crippen molar-refractivity contribution in [3.8, 4) is 5.88 Å². The van der Waals surface area contributed by atoms with Crippen LogP contribution in [-0.2, 0) is 46.9 Å². The van der Waals surface area contributed by atoms with E-state index >= 15 is 0 Å². The van der Waals surface area contributed by atoms with Crippen molar-refractivity contribution in [2.24, 2.45) is 9.50 Å². The highest BCUT2D eigenvalue weighted by Gasteiger charge is 2.32. The summed E-state index contributed by atoms with van der Waals surface area (Å²) in [5.41, 5.74) is 4.47. The van der Waals surface area contributed by atoms with E-state index in [0.29, 0.717) is 25.3 Å². The first-order chi connectivity index (χ1) is 14.9. The number of benzene rings is 1. The Morgan fingerprint density at radius 2 is 2.26 bits per heavy atom. The molecule has 31 heavy (non-hydrogen) atoms. The van der Waals surface area contributed by atoms with Crippen LogP contribution in [0.15, 0.2) is 21.5 Å². The Morgan fingerprint density at radius 3 is 3.06 bits per heavy atom. The van der Waals surface area contributed by atoms with Crippen molar-refractivity contribution in [3.63, 3.8) is 0 Å². The Hall–Kier alpha value is -2.50. The first-order valence-electron chi connectivity index (χ1n) is 10.2. The fourth-order valence-corrected chi connectivity index (χ4v) is 5.71. The number of rotatable bonds is 4. The lowest BCUT2D eigenvalue weighted by Crippen LogP contribution is -2.22. The summed E-state index contributed by atoms with van der Waals surface area (Å²) in [7, 11) is -2.04. The molecule has 0 bridgehead atoms. The van der Waals surface area contributed by atoms with Crippen LogP contribution in [0.3, 0.4) is 0 Å². The molecule has 0 saturated heterocycles. The number of methoxy groups -OCH3 is 1. The SMILES string of the molecule is COCC1Cn2ncc(S(N)(=O)=NC(=O)Nc3c4c(cc5c3CC(F)C5)CCC4)c2O1. The Kier molecular flexibility index (Phi) is 4.98. The van der Waals surface area contributed by atoms with Crippen LogP contribution in [0.2, 0.25) is 0 Å². The highest BCUT2D eigenvalue weighted by atomic mass is 32.2. The van der Waals surface area contributed by atoms with E-state index in [-0.39, 0.29) is 23.3 Å². The number of halogens is 1. The molecule has 0 saturated carbocycles. The summed E-state index contributed by atoms with van der Waals surface area (Å²) in [5.74, 6) is 0.230. The number of nitrogens with zero attached hydrogens (tertiary/aromatic N) is 3. The van der Waals surface area contributed by atoms with Gasteiger partial charge in [0.2, 0.25) is 5.88 Å². The third-order valence-corrected chi connectivity index (χ3v) is 7.35. The summed E-state index contributed by atoms with van der Waals surface area (Å²) < 4.78 is 43.3. The second-order valence-corrected chi connectivity index (χ2v) is 9.93. The van der Waals surface area contributed by atoms with E-state index in [9.17, 15) is 13.4 Å². The fraction of sp³-hybridized carbons (Fsp3) is 0.500. The highest BCUT2D eigenvalue weighted by molar-refractivity contribution is 7.91. The number of anilines is 1. The summed E-state index contributed by atoms with van der Waals surface area (Å²) in [6.07, 6.45) is 3.35. The van der Waals surface area contributed by atoms with Gasteiger partial charge in [0, 0.05) is 25.6 Å². The third kappa shape index (κ3) is 3.60. The van der Waals surface area contributed by atoms with Crippen LogP contribution in [0.5, 0.6) is 5.88 Å². The van der Waals surface area contributed by atoms with Crippen LogP contribution in [0.1, 0.15) is 28.7 Å². The second-order valence-electron chi connectivity index (χ2n) is 8.17. The molecule has 0 fully saturated rings. The molecule has 0 radical (unpaired) electrons. The van der Waals surface area contributed by atoms with E-state index in [2.05, 4.69) is 20.8 Å². The molecule has 9 nitrogen and oxygen atoms in total. The fourth-order valence-electron chi connectivity index (χ4n) is 4.72. The van der Waals surface area contributed by atoms with Crippen LogP contribution in [0, 0.1) is 0 Å². The minimum absolute atomic E-state index is 0.0635. The van der Waals surface area contributed by atoms with Crippen molar-refractivity contribution >= 4 is 21.6 Å². The minimum Gasteiger partial charge on any atom is -0.469 e. The molecule has 1 aromatic heterocycles. The van der Waals surface area contributed by atoms with E-state index in [4.69, 9.17) is 14.6 Å². The van der Waals surface area contributed by atoms with Gasteiger partial charge in [-0.25, -0.2) is 23.2 Å². The molecule has 166 valence electrons. The van der Waals surface area contributed by atoms with Crippen molar-refractivity contribution in [3.05, 3.63) is 34.5 Å². The van der Waals surface area contributed by atoms with Crippen molar-refractivity contribution < 1.29 is 22.9 Å². The zero-order valence-electron chi connectivity index (χ0n) is 17.1. The van der Waals surface area contributed by atoms with Crippen molar-refractivity contribution in [1.82, 2.24) is 9.78 Å². The van der Waals surface area contributed by atoms with E-state index in [1.165, 1.54) is 10.9 Å². The zero-order valence-corrected chi connectivity index (χ0v) is 17.9. The molecular weight excluding hydrogens is 425 g/mol. The topological polar surface area (TPSA) is 121 Å². The van der Waals surface area contributed by atoms with Gasteiger partial charge in [0.05, 0.1) is 19.3 Å². The van der Waals surface area contributed by atoms with Gasteiger partial charge in [0.1, 0.15) is 17.2 Å². The van der Waals surface area contributed by atoms with Gasteiger partial charge < -0.3 is 14.8 Å². The molecule has 3 unspecified atom stereocenters. The molecule has 11 heteroatoms. The van der Waals surface area contributed by atoms with Crippen LogP contribution in [0.4, 0.5) is 14.9 Å². The van der Waals surface area contributed by atoms with Gasteiger partial charge in [-0.2, -0.15) is 5.10 Å². The molecule has 3 atom stereocenters. The standard InChI is InChI=1S/C20H24FN5O4S/c1-29-10-14-9-26-19(30-14)17(8-23-26)31(22,28)25-20(27)24-18-15-4-2-3-11(15)5-12-6-13(21)7-16(12)18/h5,8,13-14H,2-4,6-7,9-10H2,1H3,(H3,22,24,25,27,28). The number of carbonyl (C=O) groups excluding carboxylic acids is 1. The van der Waals surface area contributed by atoms with E-state index < -0.39 is 22.1 Å². The lowest BCUT2D eigenvalue weighted by molar-refractivity contribution is 0.0920. The van der Waals surface area contributed by atoms with E-state index in [0.717, 1.165) is 41.5 Å². The molecule has 5 rings (SSSR count). The second kappa shape index (κ2) is 7.57. The summed E-state index contributed by atoms with van der Waals surface area (Å²) in [6.45, 7) is 0.767. The maximum absolute atomic E-state index is 14.1. The molecule has 2 aromatic rings. The number of ether oxygens (including phenoxy) is 2. The average Bonchev–Trinajstić information content (AvgIpc) is 3.43. The highest BCUT2D eigenvalue weighted by Crippen LogP contribution is 2.39. The number of aryl methyl sites for hydroxylation is 1. The molecule has 1 aliphatic heterocycles. The number of aromatic nitrogens is 2. The molecule has 2 aliphatic carbocycles. The predicted octanol–water partition coefficient (Wildman–Crippen LogP) is 2.15. The van der Waals surface area contributed by atoms with Gasteiger partial charge in [-0.15, -0.1) is 4.36 Å². The number of nitrogens with two attached hydrogens (primary N) is 1. The number of amides is 2. The molecule has 1 aromatic carbocycles. The van der Waals surface area contributed by atoms with Crippen LogP contribution >= 0.6 is 0 Å². The van der Waals surface area contributed by atoms with Crippen molar-refractivity contribution in [2.75, 3.05) is 19.0 Å². The number of nitrogens with one attached hydrogen (secondary N) is 1. The maximum atomic E-state index is 14.1. The van der Waals surface area contributed by atoms with Gasteiger partial charge in [0.25, 0.3) is 0 Å². The Balaban J connectivity index is 1.44.